The molecule has 2 N–H and O–H groups in total. The number of nitrogens with zero attached hydrogens (tertiary/aromatic N) is 4. The third kappa shape index (κ3) is 1.31. The molecule has 0 fully saturated rings. The second-order valence-corrected chi connectivity index (χ2v) is 5.17. The van der Waals surface area contributed by atoms with Crippen LogP contribution in [0.2, 0.25) is 0 Å². The Labute approximate surface area is 93.2 Å². The third-order valence-electron chi connectivity index (χ3n) is 2.02. The molecule has 0 bridgehead atoms. The van der Waals surface area contributed by atoms with Crippen LogP contribution in [0.3, 0.4) is 0 Å². The van der Waals surface area contributed by atoms with Crippen LogP contribution < -0.4 is 5.73 Å². The van der Waals surface area contributed by atoms with Gasteiger partial charge in [0.25, 0.3) is 0 Å². The SMILES string of the molecule is Cc1cc(N)sc1-c1nn2cnnc2s1. The monoisotopic (exact) mass is 237 g/mol. The molecular weight excluding hydrogens is 230 g/mol. The highest BCUT2D eigenvalue weighted by atomic mass is 32.1. The van der Waals surface area contributed by atoms with Crippen LogP contribution in [0.1, 0.15) is 5.56 Å². The zero-order chi connectivity index (χ0) is 10.4. The third-order valence-corrected chi connectivity index (χ3v) is 4.15. The van der Waals surface area contributed by atoms with E-state index in [1.807, 2.05) is 13.0 Å². The van der Waals surface area contributed by atoms with Gasteiger partial charge in [-0.1, -0.05) is 11.3 Å². The van der Waals surface area contributed by atoms with E-state index in [2.05, 4.69) is 15.3 Å². The quantitative estimate of drug-likeness (QED) is 0.700. The fourth-order valence-corrected chi connectivity index (χ4v) is 3.26. The zero-order valence-corrected chi connectivity index (χ0v) is 9.47. The summed E-state index contributed by atoms with van der Waals surface area (Å²) in [5.74, 6) is 0. The predicted molar refractivity (Wildman–Crippen MR) is 61.1 cm³/mol. The summed E-state index contributed by atoms with van der Waals surface area (Å²) in [6.45, 7) is 2.03. The van der Waals surface area contributed by atoms with Crippen LogP contribution in [0.4, 0.5) is 5.00 Å². The van der Waals surface area contributed by atoms with Gasteiger partial charge >= 0.3 is 0 Å². The first-order chi connectivity index (χ1) is 7.24. The summed E-state index contributed by atoms with van der Waals surface area (Å²) in [6, 6.07) is 1.96. The summed E-state index contributed by atoms with van der Waals surface area (Å²) in [5.41, 5.74) is 6.90. The number of thiophene rings is 1. The van der Waals surface area contributed by atoms with Crippen LogP contribution in [0.25, 0.3) is 14.8 Å². The van der Waals surface area contributed by atoms with Gasteiger partial charge in [0.2, 0.25) is 4.96 Å². The number of aromatic nitrogens is 4. The topological polar surface area (TPSA) is 69.1 Å². The van der Waals surface area contributed by atoms with Crippen molar-refractivity contribution in [1.82, 2.24) is 19.8 Å². The van der Waals surface area contributed by atoms with Gasteiger partial charge in [-0.2, -0.15) is 9.61 Å². The molecule has 0 saturated heterocycles. The van der Waals surface area contributed by atoms with Crippen molar-refractivity contribution in [2.45, 2.75) is 6.92 Å². The second-order valence-electron chi connectivity index (χ2n) is 3.13. The van der Waals surface area contributed by atoms with E-state index >= 15 is 0 Å². The van der Waals surface area contributed by atoms with Crippen LogP contribution in [-0.2, 0) is 0 Å². The molecule has 3 aromatic heterocycles. The van der Waals surface area contributed by atoms with Gasteiger partial charge in [-0.25, -0.2) is 0 Å². The van der Waals surface area contributed by atoms with E-state index in [4.69, 9.17) is 5.73 Å². The van der Waals surface area contributed by atoms with Gasteiger partial charge in [0, 0.05) is 0 Å². The molecule has 0 aliphatic heterocycles. The highest BCUT2D eigenvalue weighted by Gasteiger charge is 2.12. The maximum atomic E-state index is 5.75. The van der Waals surface area contributed by atoms with Gasteiger partial charge in [0.1, 0.15) is 6.33 Å². The Bertz CT molecular complexity index is 591. The van der Waals surface area contributed by atoms with Crippen molar-refractivity contribution >= 4 is 32.6 Å². The molecule has 15 heavy (non-hydrogen) atoms. The maximum Gasteiger partial charge on any atom is 0.234 e. The van der Waals surface area contributed by atoms with Crippen molar-refractivity contribution in [2.75, 3.05) is 5.73 Å². The first kappa shape index (κ1) is 8.81. The maximum absolute atomic E-state index is 5.75. The van der Waals surface area contributed by atoms with E-state index in [-0.39, 0.29) is 0 Å². The van der Waals surface area contributed by atoms with E-state index < -0.39 is 0 Å². The largest absolute Gasteiger partial charge is 0.391 e. The fraction of sp³-hybridized carbons (Fsp3) is 0.125. The number of hydrogen-bond acceptors (Lipinski definition) is 6. The Morgan fingerprint density at radius 1 is 1.40 bits per heavy atom. The number of aryl methyl sites for hydroxylation is 1. The number of nitrogens with two attached hydrogens (primary N) is 1. The lowest BCUT2D eigenvalue weighted by Gasteiger charge is -1.89. The van der Waals surface area contributed by atoms with Crippen molar-refractivity contribution in [3.05, 3.63) is 18.0 Å². The molecule has 5 nitrogen and oxygen atoms in total. The summed E-state index contributed by atoms with van der Waals surface area (Å²) < 4.78 is 1.68. The Kier molecular flexibility index (Phi) is 1.77. The van der Waals surface area contributed by atoms with Gasteiger partial charge in [0.05, 0.1) is 9.88 Å². The zero-order valence-electron chi connectivity index (χ0n) is 7.84. The lowest BCUT2D eigenvalue weighted by molar-refractivity contribution is 0.960. The smallest absolute Gasteiger partial charge is 0.234 e. The average Bonchev–Trinajstić information content (AvgIpc) is 2.77. The summed E-state index contributed by atoms with van der Waals surface area (Å²) in [6.07, 6.45) is 1.60. The Morgan fingerprint density at radius 2 is 2.27 bits per heavy atom. The highest BCUT2D eigenvalue weighted by molar-refractivity contribution is 7.25. The van der Waals surface area contributed by atoms with Crippen molar-refractivity contribution in [3.63, 3.8) is 0 Å². The molecule has 0 aliphatic rings. The normalized spacial score (nSPS) is 11.3. The lowest BCUT2D eigenvalue weighted by Crippen LogP contribution is -1.81. The fourth-order valence-electron chi connectivity index (χ4n) is 1.37. The first-order valence-corrected chi connectivity index (χ1v) is 5.90. The van der Waals surface area contributed by atoms with Crippen molar-refractivity contribution in [2.24, 2.45) is 0 Å². The van der Waals surface area contributed by atoms with Crippen molar-refractivity contribution < 1.29 is 0 Å². The van der Waals surface area contributed by atoms with Gasteiger partial charge in [-0.3, -0.25) is 0 Å². The van der Waals surface area contributed by atoms with E-state index in [1.165, 1.54) is 11.3 Å². The summed E-state index contributed by atoms with van der Waals surface area (Å²) in [4.78, 5) is 1.92. The Morgan fingerprint density at radius 3 is 2.93 bits per heavy atom. The minimum Gasteiger partial charge on any atom is -0.391 e. The van der Waals surface area contributed by atoms with Gasteiger partial charge < -0.3 is 5.73 Å². The van der Waals surface area contributed by atoms with E-state index in [0.29, 0.717) is 0 Å². The number of anilines is 1. The standard InChI is InChI=1S/C8H7N5S2/c1-4-2-5(9)14-6(4)7-12-13-3-10-11-8(13)15-7/h2-3H,9H2,1H3. The Hall–Kier alpha value is -1.47. The molecule has 0 saturated carbocycles. The van der Waals surface area contributed by atoms with Crippen LogP contribution >= 0.6 is 22.7 Å². The molecule has 0 radical (unpaired) electrons. The molecule has 0 atom stereocenters. The highest BCUT2D eigenvalue weighted by Crippen LogP contribution is 2.35. The second kappa shape index (κ2) is 3.01. The molecule has 3 heterocycles. The molecule has 3 rings (SSSR count). The molecule has 7 heteroatoms. The molecular formula is C8H7N5S2. The van der Waals surface area contributed by atoms with Crippen molar-refractivity contribution in [3.8, 4) is 9.88 Å². The summed E-state index contributed by atoms with van der Waals surface area (Å²) in [7, 11) is 0. The number of hydrogen-bond donors (Lipinski definition) is 1. The van der Waals surface area contributed by atoms with Crippen LogP contribution in [0, 0.1) is 6.92 Å². The van der Waals surface area contributed by atoms with E-state index in [9.17, 15) is 0 Å². The Balaban J connectivity index is 2.21. The first-order valence-electron chi connectivity index (χ1n) is 4.27. The summed E-state index contributed by atoms with van der Waals surface area (Å²) >= 11 is 3.07. The molecule has 76 valence electrons. The number of rotatable bonds is 1. The van der Waals surface area contributed by atoms with E-state index in [0.717, 1.165) is 25.4 Å². The van der Waals surface area contributed by atoms with E-state index in [1.54, 1.807) is 22.2 Å². The molecule has 0 unspecified atom stereocenters. The van der Waals surface area contributed by atoms with Crippen LogP contribution in [-0.4, -0.2) is 19.8 Å². The number of nitrogen functional groups attached to an aromatic ring is 1. The number of fused-ring (bicyclic) bond motifs is 1. The lowest BCUT2D eigenvalue weighted by atomic mass is 10.3. The molecule has 3 aromatic rings. The minimum atomic E-state index is 0.802. The molecule has 0 spiro atoms. The van der Waals surface area contributed by atoms with Gasteiger partial charge in [0.15, 0.2) is 5.01 Å². The van der Waals surface area contributed by atoms with Crippen LogP contribution in [0.5, 0.6) is 0 Å². The molecule has 0 aromatic carbocycles. The summed E-state index contributed by atoms with van der Waals surface area (Å²) in [5, 5.41) is 13.8. The molecule has 0 amide bonds. The molecule has 0 aliphatic carbocycles. The van der Waals surface area contributed by atoms with Crippen LogP contribution in [0.15, 0.2) is 12.4 Å². The average molecular weight is 237 g/mol. The van der Waals surface area contributed by atoms with Gasteiger partial charge in [-0.05, 0) is 18.6 Å². The predicted octanol–water partition coefficient (Wildman–Crippen LogP) is 1.80. The van der Waals surface area contributed by atoms with Gasteiger partial charge in [-0.15, -0.1) is 21.5 Å². The van der Waals surface area contributed by atoms with Crippen molar-refractivity contribution in [1.29, 1.82) is 0 Å². The minimum absolute atomic E-state index is 0.802.